The molecule has 0 spiro atoms. The zero-order chi connectivity index (χ0) is 49.9. The van der Waals surface area contributed by atoms with Crippen molar-refractivity contribution in [2.75, 3.05) is 39.6 Å². The minimum absolute atomic E-state index is 0.0407. The molecule has 0 aromatic heterocycles. The van der Waals surface area contributed by atoms with Crippen LogP contribution in [0, 0.1) is 0 Å². The summed E-state index contributed by atoms with van der Waals surface area (Å²) in [5, 5.41) is 25.4. The highest BCUT2D eigenvalue weighted by Gasteiger charge is 2.32. The molecule has 370 valence electrons. The number of amides is 2. The molecule has 66 heavy (non-hydrogen) atoms. The van der Waals surface area contributed by atoms with Gasteiger partial charge in [0, 0.05) is 25.0 Å². The van der Waals surface area contributed by atoms with E-state index in [1.807, 2.05) is 0 Å². The molecule has 0 heterocycles. The van der Waals surface area contributed by atoms with E-state index in [0.29, 0.717) is 22.6 Å². The van der Waals surface area contributed by atoms with Gasteiger partial charge in [-0.15, -0.1) is 0 Å². The molecular weight excluding hydrogens is 861 g/mol. The smallest absolute Gasteiger partial charge is 0.329 e. The topological polar surface area (TPSA) is 241 Å². The van der Waals surface area contributed by atoms with E-state index in [1.165, 1.54) is 24.3 Å². The van der Waals surface area contributed by atoms with Crippen LogP contribution in [-0.2, 0) is 70.0 Å². The molecule has 18 heteroatoms. The van der Waals surface area contributed by atoms with Gasteiger partial charge in [-0.2, -0.15) is 0 Å². The van der Waals surface area contributed by atoms with Crippen LogP contribution in [0.2, 0.25) is 0 Å². The molecule has 0 fully saturated rings. The van der Waals surface area contributed by atoms with Gasteiger partial charge in [-0.3, -0.25) is 19.2 Å². The van der Waals surface area contributed by atoms with Crippen LogP contribution >= 0.6 is 0 Å². The van der Waals surface area contributed by atoms with Crippen molar-refractivity contribution in [1.29, 1.82) is 0 Å². The molecule has 0 radical (unpaired) electrons. The van der Waals surface area contributed by atoms with Crippen LogP contribution in [0.5, 0.6) is 23.0 Å². The van der Waals surface area contributed by atoms with Crippen LogP contribution in [0.3, 0.4) is 0 Å². The summed E-state index contributed by atoms with van der Waals surface area (Å²) in [7, 11) is 0. The first-order valence-electron chi connectivity index (χ1n) is 22.0. The van der Waals surface area contributed by atoms with Crippen molar-refractivity contribution in [3.63, 3.8) is 0 Å². The number of carbonyl (C=O) groups is 6. The molecule has 2 aromatic rings. The van der Waals surface area contributed by atoms with Crippen molar-refractivity contribution >= 4 is 35.7 Å². The van der Waals surface area contributed by atoms with Gasteiger partial charge in [-0.1, -0.05) is 12.1 Å². The van der Waals surface area contributed by atoms with Crippen LogP contribution in [0.4, 0.5) is 0 Å². The lowest BCUT2D eigenvalue weighted by Gasteiger charge is -2.25. The van der Waals surface area contributed by atoms with Crippen LogP contribution in [0.15, 0.2) is 36.4 Å². The molecule has 0 bridgehead atoms. The highest BCUT2D eigenvalue weighted by atomic mass is 16.6. The third-order valence-electron chi connectivity index (χ3n) is 8.32. The second-order valence-corrected chi connectivity index (χ2v) is 19.4. The molecule has 0 aliphatic rings. The number of phenols is 2. The van der Waals surface area contributed by atoms with Gasteiger partial charge >= 0.3 is 23.9 Å². The Morgan fingerprint density at radius 3 is 1.12 bits per heavy atom. The quantitative estimate of drug-likeness (QED) is 0.0541. The van der Waals surface area contributed by atoms with Crippen molar-refractivity contribution in [3.05, 3.63) is 47.5 Å². The average Bonchev–Trinajstić information content (AvgIpc) is 3.14. The maximum atomic E-state index is 13.0. The number of phenolic OH excluding ortho intramolecular Hbond substituents is 2. The first kappa shape index (κ1) is 56.5. The van der Waals surface area contributed by atoms with Crippen molar-refractivity contribution < 1.29 is 76.9 Å². The number of esters is 4. The second kappa shape index (κ2) is 25.9. The molecule has 2 rings (SSSR count). The van der Waals surface area contributed by atoms with Gasteiger partial charge < -0.3 is 58.7 Å². The van der Waals surface area contributed by atoms with Crippen molar-refractivity contribution in [3.8, 4) is 23.0 Å². The van der Waals surface area contributed by atoms with E-state index in [0.717, 1.165) is 0 Å². The number of aryl methyl sites for hydroxylation is 2. The lowest BCUT2D eigenvalue weighted by Crippen LogP contribution is -2.46. The van der Waals surface area contributed by atoms with Gasteiger partial charge in [0.2, 0.25) is 11.8 Å². The van der Waals surface area contributed by atoms with Gasteiger partial charge in [0.25, 0.3) is 0 Å². The van der Waals surface area contributed by atoms with Crippen LogP contribution in [0.25, 0.3) is 0 Å². The Morgan fingerprint density at radius 1 is 0.485 bits per heavy atom. The monoisotopic (exact) mass is 932 g/mol. The molecule has 0 unspecified atom stereocenters. The number of hydrogen-bond acceptors (Lipinski definition) is 16. The van der Waals surface area contributed by atoms with Crippen molar-refractivity contribution in [2.24, 2.45) is 0 Å². The Bertz CT molecular complexity index is 1780. The Morgan fingerprint density at radius 2 is 0.803 bits per heavy atom. The minimum atomic E-state index is -1.26. The highest BCUT2D eigenvalue weighted by molar-refractivity contribution is 5.89. The highest BCUT2D eigenvalue weighted by Crippen LogP contribution is 2.27. The molecule has 4 N–H and O–H groups in total. The van der Waals surface area contributed by atoms with Crippen LogP contribution < -0.4 is 20.1 Å². The zero-order valence-electron chi connectivity index (χ0n) is 40.7. The van der Waals surface area contributed by atoms with E-state index in [9.17, 15) is 39.0 Å². The molecule has 2 atom stereocenters. The first-order valence-corrected chi connectivity index (χ1v) is 22.0. The third kappa shape index (κ3) is 25.2. The van der Waals surface area contributed by atoms with E-state index in [1.54, 1.807) is 95.2 Å². The minimum Gasteiger partial charge on any atom is -0.508 e. The molecule has 0 aliphatic heterocycles. The van der Waals surface area contributed by atoms with Gasteiger partial charge in [0.15, 0.2) is 0 Å². The van der Waals surface area contributed by atoms with Gasteiger partial charge in [0.1, 0.15) is 70.7 Å². The van der Waals surface area contributed by atoms with E-state index in [4.69, 9.17) is 37.9 Å². The molecule has 0 saturated carbocycles. The number of hydrogen-bond donors (Lipinski definition) is 4. The largest absolute Gasteiger partial charge is 0.508 e. The van der Waals surface area contributed by atoms with Gasteiger partial charge in [-0.25, -0.2) is 9.59 Å². The normalized spacial score (nSPS) is 12.8. The lowest BCUT2D eigenvalue weighted by atomic mass is 10.1. The maximum Gasteiger partial charge on any atom is 0.329 e. The molecule has 2 amide bonds. The number of benzene rings is 2. The van der Waals surface area contributed by atoms with E-state index < -0.39 is 83.0 Å². The standard InChI is InChI=1S/C48H72N2O16/c1-45(2,3)63-41(55)29-35(43(57)65-47(7,8)9)49-39(53)19-15-31-13-17-33(51)27-37(31)61-25-23-59-21-22-60-24-26-62-38-28-34(52)18-14-32(38)16-20-40(54)50-36(44(58)66-48(10,11)12)30-42(56)64-46(4,5)6/h13-14,17-18,27-28,35-36,51-52H,15-16,19-26,29-30H2,1-12H3,(H,49,53)(H,50,54)/t35-,36-/m0/s1. The Hall–Kier alpha value is -5.62. The number of rotatable bonds is 25. The SMILES string of the molecule is CC(C)(C)OC(=O)C[C@H](NC(=O)CCc1ccc(O)cc1OCCOCCOCCOc1cc(O)ccc1CCC(=O)N[C@@H](CC(=O)OC(C)(C)C)C(=O)OC(C)(C)C)C(=O)OC(C)(C)C. The van der Waals surface area contributed by atoms with Crippen LogP contribution in [0.1, 0.15) is 120 Å². The molecular formula is C48H72N2O16. The van der Waals surface area contributed by atoms with E-state index in [-0.39, 0.29) is 76.8 Å². The summed E-state index contributed by atoms with van der Waals surface area (Å²) in [5.41, 5.74) is -2.03. The van der Waals surface area contributed by atoms with E-state index >= 15 is 0 Å². The molecule has 0 aliphatic carbocycles. The Balaban J connectivity index is 1.82. The summed E-state index contributed by atoms with van der Waals surface area (Å²) in [6, 6.07) is 6.51. The fourth-order valence-electron chi connectivity index (χ4n) is 5.77. The average molecular weight is 933 g/mol. The predicted molar refractivity (Wildman–Crippen MR) is 242 cm³/mol. The van der Waals surface area contributed by atoms with Gasteiger partial charge in [0.05, 0.1) is 39.3 Å². The molecule has 2 aromatic carbocycles. The third-order valence-corrected chi connectivity index (χ3v) is 8.32. The van der Waals surface area contributed by atoms with Crippen molar-refractivity contribution in [1.82, 2.24) is 10.6 Å². The number of ether oxygens (including phenoxy) is 8. The van der Waals surface area contributed by atoms with E-state index in [2.05, 4.69) is 10.6 Å². The zero-order valence-corrected chi connectivity index (χ0v) is 40.7. The Labute approximate surface area is 388 Å². The van der Waals surface area contributed by atoms with Crippen LogP contribution in [-0.4, -0.2) is 120 Å². The Kier molecular flexibility index (Phi) is 22.2. The summed E-state index contributed by atoms with van der Waals surface area (Å²) in [6.07, 6.45) is -0.550. The number of nitrogens with one attached hydrogen (secondary N) is 2. The fraction of sp³-hybridized carbons (Fsp3) is 0.625. The summed E-state index contributed by atoms with van der Waals surface area (Å²) in [4.78, 5) is 76.8. The molecule has 18 nitrogen and oxygen atoms in total. The summed E-state index contributed by atoms with van der Waals surface area (Å²) < 4.78 is 44.5. The maximum absolute atomic E-state index is 13.0. The number of aromatic hydroxyl groups is 2. The van der Waals surface area contributed by atoms with Gasteiger partial charge in [-0.05, 0) is 119 Å². The molecule has 0 saturated heterocycles. The van der Waals surface area contributed by atoms with Crippen molar-refractivity contribution in [2.45, 2.75) is 156 Å². The number of carbonyl (C=O) groups excluding carboxylic acids is 6. The second-order valence-electron chi connectivity index (χ2n) is 19.4. The summed E-state index contributed by atoms with van der Waals surface area (Å²) in [5.74, 6) is -3.27. The summed E-state index contributed by atoms with van der Waals surface area (Å²) in [6.45, 7) is 21.3. The summed E-state index contributed by atoms with van der Waals surface area (Å²) >= 11 is 0. The first-order chi connectivity index (χ1) is 30.5. The predicted octanol–water partition coefficient (Wildman–Crippen LogP) is 5.57. The fourth-order valence-corrected chi connectivity index (χ4v) is 5.77. The lowest BCUT2D eigenvalue weighted by molar-refractivity contribution is -0.165.